The number of piperidine rings is 1. The molecule has 0 unspecified atom stereocenters. The van der Waals surface area contributed by atoms with Gasteiger partial charge in [-0.05, 0) is 44.9 Å². The van der Waals surface area contributed by atoms with E-state index in [2.05, 4.69) is 10.6 Å². The van der Waals surface area contributed by atoms with Crippen LogP contribution in [0.15, 0.2) is 0 Å². The van der Waals surface area contributed by atoms with Gasteiger partial charge in [-0.25, -0.2) is 0 Å². The minimum absolute atomic E-state index is 0.0841. The van der Waals surface area contributed by atoms with Crippen LogP contribution in [0.25, 0.3) is 0 Å². The predicted octanol–water partition coefficient (Wildman–Crippen LogP) is -1.30. The van der Waals surface area contributed by atoms with Crippen LogP contribution in [0.1, 0.15) is 52.9 Å². The molecule has 6 N–H and O–H groups in total. The van der Waals surface area contributed by atoms with Gasteiger partial charge in [0, 0.05) is 25.6 Å². The van der Waals surface area contributed by atoms with E-state index in [-0.39, 0.29) is 36.1 Å². The quantitative estimate of drug-likeness (QED) is 0.329. The van der Waals surface area contributed by atoms with Crippen LogP contribution in [0, 0.1) is 11.8 Å². The fraction of sp³-hybridized carbons (Fsp3) is 0.773. The van der Waals surface area contributed by atoms with Crippen molar-refractivity contribution in [1.29, 1.82) is 0 Å². The summed E-state index contributed by atoms with van der Waals surface area (Å²) in [4.78, 5) is 65.1. The summed E-state index contributed by atoms with van der Waals surface area (Å²) in [6.07, 6.45) is 2.69. The lowest BCUT2D eigenvalue weighted by atomic mass is 9.94. The van der Waals surface area contributed by atoms with Crippen LogP contribution in [0.4, 0.5) is 0 Å². The topological polar surface area (TPSA) is 168 Å². The number of carbonyl (C=O) groups excluding carboxylic acids is 5. The number of hydrogen-bond acceptors (Lipinski definition) is 6. The fourth-order valence-corrected chi connectivity index (χ4v) is 4.44. The van der Waals surface area contributed by atoms with Crippen LogP contribution >= 0.6 is 0 Å². The van der Waals surface area contributed by atoms with E-state index in [1.54, 1.807) is 16.7 Å². The Morgan fingerprint density at radius 2 is 1.64 bits per heavy atom. The van der Waals surface area contributed by atoms with Crippen molar-refractivity contribution in [1.82, 2.24) is 20.4 Å². The average molecular weight is 467 g/mol. The Morgan fingerprint density at radius 3 is 2.18 bits per heavy atom. The summed E-state index contributed by atoms with van der Waals surface area (Å²) in [5.74, 6) is -1.84. The van der Waals surface area contributed by atoms with Crippen LogP contribution in [0.3, 0.4) is 0 Å². The molecule has 0 aromatic rings. The molecule has 0 aromatic carbocycles. The summed E-state index contributed by atoms with van der Waals surface area (Å²) in [7, 11) is 0. The lowest BCUT2D eigenvalue weighted by molar-refractivity contribution is -0.145. The second-order valence-electron chi connectivity index (χ2n) is 9.45. The van der Waals surface area contributed by atoms with Gasteiger partial charge in [-0.15, -0.1) is 0 Å². The van der Waals surface area contributed by atoms with Gasteiger partial charge in [-0.3, -0.25) is 24.0 Å². The number of nitrogens with one attached hydrogen (secondary N) is 2. The number of carbonyl (C=O) groups is 5. The number of likely N-dealkylation sites (tertiary alicyclic amines) is 2. The molecule has 2 aliphatic heterocycles. The molecule has 11 heteroatoms. The van der Waals surface area contributed by atoms with Crippen molar-refractivity contribution in [3.63, 3.8) is 0 Å². The Balaban J connectivity index is 1.99. The first kappa shape index (κ1) is 26.6. The maximum Gasteiger partial charge on any atom is 0.243 e. The Kier molecular flexibility index (Phi) is 9.63. The molecule has 2 fully saturated rings. The van der Waals surface area contributed by atoms with E-state index in [1.165, 1.54) is 0 Å². The highest BCUT2D eigenvalue weighted by molar-refractivity contribution is 5.94. The first-order chi connectivity index (χ1) is 15.5. The zero-order valence-electron chi connectivity index (χ0n) is 19.8. The van der Waals surface area contributed by atoms with Gasteiger partial charge in [-0.2, -0.15) is 0 Å². The van der Waals surface area contributed by atoms with Gasteiger partial charge in [0.1, 0.15) is 12.1 Å². The van der Waals surface area contributed by atoms with Crippen LogP contribution in [-0.2, 0) is 24.0 Å². The predicted molar refractivity (Wildman–Crippen MR) is 121 cm³/mol. The number of hydrogen-bond donors (Lipinski definition) is 4. The molecular weight excluding hydrogens is 428 g/mol. The van der Waals surface area contributed by atoms with E-state index < -0.39 is 29.9 Å². The smallest absolute Gasteiger partial charge is 0.243 e. The van der Waals surface area contributed by atoms with Crippen LogP contribution < -0.4 is 22.1 Å². The van der Waals surface area contributed by atoms with Gasteiger partial charge in [0.2, 0.25) is 29.5 Å². The third-order valence-corrected chi connectivity index (χ3v) is 6.16. The van der Waals surface area contributed by atoms with Crippen LogP contribution in [-0.4, -0.2) is 83.6 Å². The monoisotopic (exact) mass is 466 g/mol. The summed E-state index contributed by atoms with van der Waals surface area (Å²) in [5, 5.41) is 5.21. The van der Waals surface area contributed by atoms with Crippen molar-refractivity contribution < 1.29 is 24.0 Å². The second-order valence-corrected chi connectivity index (χ2v) is 9.45. The van der Waals surface area contributed by atoms with Gasteiger partial charge in [0.15, 0.2) is 0 Å². The lowest BCUT2D eigenvalue weighted by Crippen LogP contribution is -2.55. The highest BCUT2D eigenvalue weighted by Gasteiger charge is 2.39. The molecule has 5 amide bonds. The standard InChI is InChI=1S/C22H38N6O5/c1-13(2)11-16(19(30)25-12-18(24)29)26-20(31)17-5-4-8-28(17)22(33)15-6-9-27(10-7-15)21(32)14(3)23/h13-17H,4-12,23H2,1-3H3,(H2,24,29)(H,25,30)(H,26,31)/t14-,16-,17+/m1/s1. The molecule has 2 aliphatic rings. The molecule has 2 saturated heterocycles. The minimum atomic E-state index is -0.818. The average Bonchev–Trinajstić information content (AvgIpc) is 3.25. The molecule has 0 aromatic heterocycles. The molecular formula is C22H38N6O5. The largest absolute Gasteiger partial charge is 0.368 e. The first-order valence-corrected chi connectivity index (χ1v) is 11.7. The summed E-state index contributed by atoms with van der Waals surface area (Å²) < 4.78 is 0. The Morgan fingerprint density at radius 1 is 1.00 bits per heavy atom. The Bertz CT molecular complexity index is 748. The molecule has 0 saturated carbocycles. The van der Waals surface area contributed by atoms with Gasteiger partial charge >= 0.3 is 0 Å². The van der Waals surface area contributed by atoms with E-state index in [0.29, 0.717) is 51.7 Å². The van der Waals surface area contributed by atoms with Gasteiger partial charge in [0.25, 0.3) is 0 Å². The van der Waals surface area contributed by atoms with Crippen molar-refractivity contribution in [2.75, 3.05) is 26.2 Å². The zero-order chi connectivity index (χ0) is 24.7. The van der Waals surface area contributed by atoms with E-state index in [0.717, 1.165) is 0 Å². The van der Waals surface area contributed by atoms with Crippen LogP contribution in [0.2, 0.25) is 0 Å². The van der Waals surface area contributed by atoms with Gasteiger partial charge < -0.3 is 31.9 Å². The molecule has 0 bridgehead atoms. The molecule has 11 nitrogen and oxygen atoms in total. The molecule has 0 radical (unpaired) electrons. The highest BCUT2D eigenvalue weighted by atomic mass is 16.2. The zero-order valence-corrected chi connectivity index (χ0v) is 19.8. The number of primary amides is 1. The molecule has 0 aliphatic carbocycles. The lowest BCUT2D eigenvalue weighted by Gasteiger charge is -2.35. The molecule has 0 spiro atoms. The summed E-state index contributed by atoms with van der Waals surface area (Å²) in [5.41, 5.74) is 10.8. The minimum Gasteiger partial charge on any atom is -0.368 e. The molecule has 33 heavy (non-hydrogen) atoms. The third kappa shape index (κ3) is 7.41. The van der Waals surface area contributed by atoms with Crippen molar-refractivity contribution in [3.8, 4) is 0 Å². The molecule has 3 atom stereocenters. The van der Waals surface area contributed by atoms with E-state index in [1.807, 2.05) is 13.8 Å². The second kappa shape index (κ2) is 12.0. The number of nitrogens with two attached hydrogens (primary N) is 2. The number of amides is 5. The summed E-state index contributed by atoms with van der Waals surface area (Å²) in [6, 6.07) is -2.02. The third-order valence-electron chi connectivity index (χ3n) is 6.16. The Hall–Kier alpha value is -2.69. The van der Waals surface area contributed by atoms with E-state index in [9.17, 15) is 24.0 Å². The number of nitrogens with zero attached hydrogens (tertiary/aromatic N) is 2. The van der Waals surface area contributed by atoms with Crippen LogP contribution in [0.5, 0.6) is 0 Å². The van der Waals surface area contributed by atoms with Crippen molar-refractivity contribution in [2.45, 2.75) is 71.0 Å². The summed E-state index contributed by atoms with van der Waals surface area (Å²) in [6.45, 7) is 6.62. The molecule has 186 valence electrons. The highest BCUT2D eigenvalue weighted by Crippen LogP contribution is 2.26. The van der Waals surface area contributed by atoms with Crippen molar-refractivity contribution >= 4 is 29.5 Å². The van der Waals surface area contributed by atoms with Gasteiger partial charge in [0.05, 0.1) is 12.6 Å². The maximum absolute atomic E-state index is 13.2. The number of rotatable bonds is 9. The van der Waals surface area contributed by atoms with Crippen molar-refractivity contribution in [2.24, 2.45) is 23.3 Å². The molecule has 2 rings (SSSR count). The van der Waals surface area contributed by atoms with Gasteiger partial charge in [-0.1, -0.05) is 13.8 Å². The van der Waals surface area contributed by atoms with Crippen molar-refractivity contribution in [3.05, 3.63) is 0 Å². The maximum atomic E-state index is 13.2. The Labute approximate surface area is 194 Å². The van der Waals surface area contributed by atoms with E-state index >= 15 is 0 Å². The SMILES string of the molecule is CC(C)C[C@@H](NC(=O)[C@@H]1CCCN1C(=O)C1CCN(C(=O)[C@@H](C)N)CC1)C(=O)NCC(N)=O. The van der Waals surface area contributed by atoms with E-state index in [4.69, 9.17) is 11.5 Å². The normalized spacial score (nSPS) is 20.9. The first-order valence-electron chi connectivity index (χ1n) is 11.7. The molecule has 2 heterocycles. The fourth-order valence-electron chi connectivity index (χ4n) is 4.44. The summed E-state index contributed by atoms with van der Waals surface area (Å²) >= 11 is 0.